The van der Waals surface area contributed by atoms with Crippen LogP contribution in [0.25, 0.3) is 10.9 Å². The van der Waals surface area contributed by atoms with Crippen molar-refractivity contribution >= 4 is 45.7 Å². The number of aromatic nitrogens is 2. The Balaban J connectivity index is 1.97. The Hall–Kier alpha value is -2.37. The summed E-state index contributed by atoms with van der Waals surface area (Å²) in [5.74, 6) is -1.38. The maximum atomic E-state index is 12.7. The predicted octanol–water partition coefficient (Wildman–Crippen LogP) is 5.09. The van der Waals surface area contributed by atoms with Crippen LogP contribution in [0.4, 0.5) is 0 Å². The number of benzene rings is 2. The second kappa shape index (κ2) is 7.09. The predicted molar refractivity (Wildman–Crippen MR) is 102 cm³/mol. The van der Waals surface area contributed by atoms with Crippen LogP contribution in [0, 0.1) is 0 Å². The molecule has 0 amide bonds. The number of ketones is 2. The van der Waals surface area contributed by atoms with Crippen LogP contribution in [0.1, 0.15) is 47.2 Å². The van der Waals surface area contributed by atoms with Crippen LogP contribution in [0.15, 0.2) is 36.4 Å². The highest BCUT2D eigenvalue weighted by atomic mass is 35.5. The topological polar surface area (TPSA) is 72.2 Å². The molecule has 0 aliphatic rings. The van der Waals surface area contributed by atoms with Gasteiger partial charge in [0.15, 0.2) is 11.6 Å². The van der Waals surface area contributed by atoms with Crippen LogP contribution >= 0.6 is 23.2 Å². The van der Waals surface area contributed by atoms with E-state index in [0.29, 0.717) is 5.39 Å². The number of Topliss-reactive ketones (excluding diaryl/α,β-unsaturated/α-hetero) is 2. The number of halogens is 2. The zero-order valence-corrected chi connectivity index (χ0v) is 15.7. The lowest BCUT2D eigenvalue weighted by atomic mass is 10.0. The van der Waals surface area contributed by atoms with Gasteiger partial charge in [-0.1, -0.05) is 41.4 Å². The largest absolute Gasteiger partial charge is 0.506 e. The monoisotopic (exact) mass is 390 g/mol. The van der Waals surface area contributed by atoms with Crippen LogP contribution in [-0.4, -0.2) is 26.5 Å². The minimum Gasteiger partial charge on any atom is -0.506 e. The van der Waals surface area contributed by atoms with Gasteiger partial charge in [0.2, 0.25) is 0 Å². The molecule has 3 aromatic rings. The zero-order valence-electron chi connectivity index (χ0n) is 14.2. The molecular formula is C19H16Cl2N2O3. The summed E-state index contributed by atoms with van der Waals surface area (Å²) in [5, 5.41) is 15.2. The van der Waals surface area contributed by atoms with Crippen molar-refractivity contribution < 1.29 is 14.7 Å². The molecule has 0 atom stereocenters. The lowest BCUT2D eigenvalue weighted by Gasteiger charge is -2.06. The molecule has 0 aliphatic carbocycles. The molecule has 1 heterocycles. The van der Waals surface area contributed by atoms with E-state index < -0.39 is 18.0 Å². The van der Waals surface area contributed by atoms with E-state index in [-0.39, 0.29) is 33.1 Å². The fourth-order valence-corrected chi connectivity index (χ4v) is 3.29. The molecular weight excluding hydrogens is 375 g/mol. The normalized spacial score (nSPS) is 11.3. The van der Waals surface area contributed by atoms with Crippen molar-refractivity contribution in [1.82, 2.24) is 9.78 Å². The quantitative estimate of drug-likeness (QED) is 0.486. The second-order valence-corrected chi connectivity index (χ2v) is 7.05. The summed E-state index contributed by atoms with van der Waals surface area (Å²) >= 11 is 11.7. The Morgan fingerprint density at radius 1 is 1.15 bits per heavy atom. The minimum absolute atomic E-state index is 0.0390. The fraction of sp³-hybridized carbons (Fsp3) is 0.211. The summed E-state index contributed by atoms with van der Waals surface area (Å²) in [4.78, 5) is 25.2. The van der Waals surface area contributed by atoms with Gasteiger partial charge in [-0.25, -0.2) is 0 Å². The Morgan fingerprint density at radius 2 is 1.85 bits per heavy atom. The molecule has 3 rings (SSSR count). The molecule has 5 nitrogen and oxygen atoms in total. The number of fused-ring (bicyclic) bond motifs is 1. The molecule has 7 heteroatoms. The summed E-state index contributed by atoms with van der Waals surface area (Å²) in [6.07, 6.45) is -0.441. The maximum Gasteiger partial charge on any atom is 0.191 e. The first-order valence-electron chi connectivity index (χ1n) is 8.01. The second-order valence-electron chi connectivity index (χ2n) is 6.21. The van der Waals surface area contributed by atoms with Gasteiger partial charge in [0.05, 0.1) is 22.5 Å². The third-order valence-corrected chi connectivity index (χ3v) is 4.52. The number of rotatable bonds is 5. The van der Waals surface area contributed by atoms with Crippen molar-refractivity contribution in [2.45, 2.75) is 26.3 Å². The van der Waals surface area contributed by atoms with E-state index in [2.05, 4.69) is 5.10 Å². The number of carbonyl (C=O) groups excluding carboxylic acids is 2. The zero-order chi connectivity index (χ0) is 19.0. The Bertz CT molecular complexity index is 1030. The van der Waals surface area contributed by atoms with Gasteiger partial charge >= 0.3 is 0 Å². The van der Waals surface area contributed by atoms with Gasteiger partial charge in [-0.05, 0) is 32.0 Å². The van der Waals surface area contributed by atoms with Crippen LogP contribution in [0.2, 0.25) is 10.0 Å². The number of hydrogen-bond acceptors (Lipinski definition) is 4. The van der Waals surface area contributed by atoms with Crippen molar-refractivity contribution in [3.05, 3.63) is 57.7 Å². The third kappa shape index (κ3) is 3.32. The molecule has 0 saturated carbocycles. The molecule has 1 aromatic heterocycles. The summed E-state index contributed by atoms with van der Waals surface area (Å²) in [6.45, 7) is 3.93. The van der Waals surface area contributed by atoms with Gasteiger partial charge in [0, 0.05) is 16.5 Å². The van der Waals surface area contributed by atoms with Gasteiger partial charge in [-0.3, -0.25) is 14.3 Å². The highest BCUT2D eigenvalue weighted by Crippen LogP contribution is 2.32. The number of aromatic hydroxyl groups is 1. The highest BCUT2D eigenvalue weighted by Gasteiger charge is 2.23. The number of phenolic OH excluding ortho intramolecular Hbond substituents is 1. The molecule has 0 unspecified atom stereocenters. The Morgan fingerprint density at radius 3 is 2.54 bits per heavy atom. The molecule has 0 aliphatic heterocycles. The van der Waals surface area contributed by atoms with E-state index in [0.717, 1.165) is 5.52 Å². The first kappa shape index (κ1) is 18.4. The summed E-state index contributed by atoms with van der Waals surface area (Å²) in [5.41, 5.74) is 0.977. The van der Waals surface area contributed by atoms with Crippen LogP contribution in [0.3, 0.4) is 0 Å². The van der Waals surface area contributed by atoms with Gasteiger partial charge in [-0.2, -0.15) is 5.10 Å². The highest BCUT2D eigenvalue weighted by molar-refractivity contribution is 6.36. The van der Waals surface area contributed by atoms with E-state index in [4.69, 9.17) is 23.2 Å². The average molecular weight is 391 g/mol. The van der Waals surface area contributed by atoms with Gasteiger partial charge in [0.1, 0.15) is 11.4 Å². The molecule has 0 spiro atoms. The smallest absolute Gasteiger partial charge is 0.191 e. The Kier molecular flexibility index (Phi) is 5.03. The summed E-state index contributed by atoms with van der Waals surface area (Å²) in [6, 6.07) is 10.0. The maximum absolute atomic E-state index is 12.7. The standard InChI is InChI=1S/C19H16Cl2N2O3/c1-10(2)23-15-6-4-3-5-12(15)18(22-23)17(25)9-16(24)13-7-11(20)8-14(21)19(13)26/h3-8,10,26H,9H2,1-2H3. The van der Waals surface area contributed by atoms with Gasteiger partial charge in [0.25, 0.3) is 0 Å². The third-order valence-electron chi connectivity index (χ3n) is 4.02. The summed E-state index contributed by atoms with van der Waals surface area (Å²) < 4.78 is 1.75. The van der Waals surface area contributed by atoms with Crippen molar-refractivity contribution in [2.75, 3.05) is 0 Å². The molecule has 2 aromatic carbocycles. The fourth-order valence-electron chi connectivity index (χ4n) is 2.79. The van der Waals surface area contributed by atoms with Crippen molar-refractivity contribution in [3.63, 3.8) is 0 Å². The first-order chi connectivity index (χ1) is 12.3. The number of para-hydroxylation sites is 1. The molecule has 0 saturated heterocycles. The SMILES string of the molecule is CC(C)n1nc(C(=O)CC(=O)c2cc(Cl)cc(Cl)c2O)c2ccccc21. The van der Waals surface area contributed by atoms with Crippen molar-refractivity contribution in [3.8, 4) is 5.75 Å². The van der Waals surface area contributed by atoms with E-state index >= 15 is 0 Å². The van der Waals surface area contributed by atoms with E-state index in [9.17, 15) is 14.7 Å². The molecule has 26 heavy (non-hydrogen) atoms. The minimum atomic E-state index is -0.569. The Labute approximate surface area is 160 Å². The van der Waals surface area contributed by atoms with Crippen molar-refractivity contribution in [2.24, 2.45) is 0 Å². The van der Waals surface area contributed by atoms with Crippen molar-refractivity contribution in [1.29, 1.82) is 0 Å². The molecule has 0 bridgehead atoms. The first-order valence-corrected chi connectivity index (χ1v) is 8.77. The van der Waals surface area contributed by atoms with Crippen LogP contribution in [-0.2, 0) is 0 Å². The lowest BCUT2D eigenvalue weighted by Crippen LogP contribution is -2.11. The summed E-state index contributed by atoms with van der Waals surface area (Å²) in [7, 11) is 0. The average Bonchev–Trinajstić information content (AvgIpc) is 2.98. The molecule has 1 N–H and O–H groups in total. The van der Waals surface area contributed by atoms with E-state index in [1.807, 2.05) is 32.0 Å². The molecule has 0 fully saturated rings. The van der Waals surface area contributed by atoms with Gasteiger partial charge in [-0.15, -0.1) is 0 Å². The molecule has 0 radical (unpaired) electrons. The lowest BCUT2D eigenvalue weighted by molar-refractivity contribution is 0.0890. The van der Waals surface area contributed by atoms with E-state index in [1.54, 1.807) is 10.7 Å². The van der Waals surface area contributed by atoms with Crippen LogP contribution < -0.4 is 0 Å². The number of phenols is 1. The number of carbonyl (C=O) groups is 2. The van der Waals surface area contributed by atoms with E-state index in [1.165, 1.54) is 12.1 Å². The number of hydrogen-bond donors (Lipinski definition) is 1. The van der Waals surface area contributed by atoms with Gasteiger partial charge < -0.3 is 5.11 Å². The molecule has 134 valence electrons. The number of nitrogens with zero attached hydrogens (tertiary/aromatic N) is 2. The van der Waals surface area contributed by atoms with Crippen LogP contribution in [0.5, 0.6) is 5.75 Å².